The van der Waals surface area contributed by atoms with E-state index in [-0.39, 0.29) is 24.0 Å². The topological polar surface area (TPSA) is 69.0 Å². The lowest BCUT2D eigenvalue weighted by atomic mass is 10.3. The number of anilines is 1. The Morgan fingerprint density at radius 1 is 1.22 bits per heavy atom. The number of aromatic nitrogens is 3. The van der Waals surface area contributed by atoms with Crippen molar-refractivity contribution >= 4 is 39.3 Å². The second-order valence-corrected chi connectivity index (χ2v) is 7.38. The average molecular weight is 451 g/mol. The summed E-state index contributed by atoms with van der Waals surface area (Å²) in [6, 6.07) is 13.5. The molecule has 3 rings (SSSR count). The second kappa shape index (κ2) is 9.01. The van der Waals surface area contributed by atoms with Gasteiger partial charge >= 0.3 is 0 Å². The van der Waals surface area contributed by atoms with Crippen molar-refractivity contribution in [2.45, 2.75) is 11.8 Å². The van der Waals surface area contributed by atoms with Crippen LogP contribution in [-0.4, -0.2) is 26.4 Å². The van der Waals surface area contributed by atoms with Gasteiger partial charge in [0.25, 0.3) is 0 Å². The first-order chi connectivity index (χ1) is 13.0. The van der Waals surface area contributed by atoms with Crippen molar-refractivity contribution in [3.05, 3.63) is 64.6 Å². The zero-order valence-corrected chi connectivity index (χ0v) is 16.8. The molecule has 9 heteroatoms. The molecule has 0 atom stereocenters. The molecule has 1 heterocycles. The van der Waals surface area contributed by atoms with Crippen LogP contribution in [0.5, 0.6) is 5.75 Å². The highest BCUT2D eigenvalue weighted by molar-refractivity contribution is 9.10. The number of halogens is 2. The zero-order chi connectivity index (χ0) is 19.2. The third kappa shape index (κ3) is 5.30. The maximum atomic E-state index is 13.6. The molecule has 2 aromatic carbocycles. The van der Waals surface area contributed by atoms with E-state index >= 15 is 0 Å². The molecule has 0 aliphatic heterocycles. The number of carbonyl (C=O) groups is 1. The monoisotopic (exact) mass is 450 g/mol. The third-order valence-electron chi connectivity index (χ3n) is 3.59. The first-order valence-corrected chi connectivity index (χ1v) is 9.74. The molecule has 0 spiro atoms. The van der Waals surface area contributed by atoms with Crippen LogP contribution in [0.1, 0.15) is 5.82 Å². The van der Waals surface area contributed by atoms with E-state index in [0.29, 0.717) is 11.0 Å². The van der Waals surface area contributed by atoms with Gasteiger partial charge in [0, 0.05) is 11.5 Å². The lowest BCUT2D eigenvalue weighted by molar-refractivity contribution is -0.113. The maximum Gasteiger partial charge on any atom is 0.234 e. The fourth-order valence-corrected chi connectivity index (χ4v) is 3.15. The molecule has 0 bridgehead atoms. The zero-order valence-electron chi connectivity index (χ0n) is 14.4. The molecule has 27 heavy (non-hydrogen) atoms. The van der Waals surface area contributed by atoms with E-state index in [2.05, 4.69) is 31.4 Å². The second-order valence-electron chi connectivity index (χ2n) is 5.52. The van der Waals surface area contributed by atoms with E-state index in [1.807, 2.05) is 24.3 Å². The summed E-state index contributed by atoms with van der Waals surface area (Å²) in [6.45, 7) is 0.257. The van der Waals surface area contributed by atoms with Crippen LogP contribution in [0.25, 0.3) is 0 Å². The van der Waals surface area contributed by atoms with Crippen LogP contribution in [0.3, 0.4) is 0 Å². The molecule has 1 amide bonds. The molecule has 0 aliphatic rings. The van der Waals surface area contributed by atoms with Crippen LogP contribution in [-0.2, 0) is 18.4 Å². The van der Waals surface area contributed by atoms with Crippen molar-refractivity contribution in [3.8, 4) is 5.75 Å². The third-order valence-corrected chi connectivity index (χ3v) is 5.14. The lowest BCUT2D eigenvalue weighted by Gasteiger charge is -2.07. The molecule has 3 aromatic rings. The first kappa shape index (κ1) is 19.4. The Morgan fingerprint density at radius 3 is 2.70 bits per heavy atom. The number of carbonyl (C=O) groups excluding carboxylic acids is 1. The molecule has 0 radical (unpaired) electrons. The number of hydrogen-bond donors (Lipinski definition) is 1. The normalized spacial score (nSPS) is 10.6. The molecule has 1 N–H and O–H groups in total. The van der Waals surface area contributed by atoms with E-state index in [1.54, 1.807) is 23.7 Å². The Kier molecular flexibility index (Phi) is 6.46. The fourth-order valence-electron chi connectivity index (χ4n) is 2.15. The Morgan fingerprint density at radius 2 is 1.96 bits per heavy atom. The molecule has 0 fully saturated rings. The van der Waals surface area contributed by atoms with Crippen LogP contribution in [0.2, 0.25) is 0 Å². The van der Waals surface area contributed by atoms with Crippen LogP contribution in [0.15, 0.2) is 58.2 Å². The largest absolute Gasteiger partial charge is 0.486 e. The van der Waals surface area contributed by atoms with Crippen molar-refractivity contribution in [2.75, 3.05) is 11.1 Å². The number of hydrogen-bond acceptors (Lipinski definition) is 5. The summed E-state index contributed by atoms with van der Waals surface area (Å²) in [5.41, 5.74) is 0.157. The van der Waals surface area contributed by atoms with Crippen molar-refractivity contribution in [2.24, 2.45) is 7.05 Å². The number of nitrogens with zero attached hydrogens (tertiary/aromatic N) is 3. The van der Waals surface area contributed by atoms with E-state index in [4.69, 9.17) is 4.74 Å². The van der Waals surface area contributed by atoms with E-state index in [9.17, 15) is 9.18 Å². The lowest BCUT2D eigenvalue weighted by Crippen LogP contribution is -2.15. The molecule has 6 nitrogen and oxygen atoms in total. The summed E-state index contributed by atoms with van der Waals surface area (Å²) in [6.07, 6.45) is 0. The van der Waals surface area contributed by atoms with Gasteiger partial charge in [-0.25, -0.2) is 4.39 Å². The van der Waals surface area contributed by atoms with Gasteiger partial charge in [0.1, 0.15) is 18.2 Å². The minimum atomic E-state index is -0.470. The van der Waals surface area contributed by atoms with Crippen molar-refractivity contribution in [3.63, 3.8) is 0 Å². The van der Waals surface area contributed by atoms with E-state index in [1.165, 1.54) is 23.9 Å². The highest BCUT2D eigenvalue weighted by Gasteiger charge is 2.13. The van der Waals surface area contributed by atoms with Gasteiger partial charge in [-0.1, -0.05) is 39.8 Å². The number of rotatable bonds is 7. The van der Waals surface area contributed by atoms with Gasteiger partial charge in [-0.05, 0) is 36.4 Å². The SMILES string of the molecule is Cn1c(COc2ccc(Br)cc2)nnc1SCC(=O)Nc1ccccc1F. The molecule has 140 valence electrons. The van der Waals surface area contributed by atoms with Gasteiger partial charge in [-0.15, -0.1) is 10.2 Å². The van der Waals surface area contributed by atoms with Crippen LogP contribution < -0.4 is 10.1 Å². The molecule has 0 saturated carbocycles. The Hall–Kier alpha value is -2.39. The minimum Gasteiger partial charge on any atom is -0.486 e. The first-order valence-electron chi connectivity index (χ1n) is 7.97. The summed E-state index contributed by atoms with van der Waals surface area (Å²) < 4.78 is 22.0. The maximum absolute atomic E-state index is 13.6. The van der Waals surface area contributed by atoms with Gasteiger partial charge < -0.3 is 14.6 Å². The van der Waals surface area contributed by atoms with Crippen LogP contribution in [0.4, 0.5) is 10.1 Å². The summed E-state index contributed by atoms with van der Waals surface area (Å²) in [7, 11) is 1.80. The molecule has 1 aromatic heterocycles. The van der Waals surface area contributed by atoms with Crippen molar-refractivity contribution in [1.82, 2.24) is 14.8 Å². The van der Waals surface area contributed by atoms with Gasteiger partial charge in [-0.3, -0.25) is 4.79 Å². The van der Waals surface area contributed by atoms with Crippen molar-refractivity contribution < 1.29 is 13.9 Å². The highest BCUT2D eigenvalue weighted by atomic mass is 79.9. The quantitative estimate of drug-likeness (QED) is 0.550. The number of benzene rings is 2. The fraction of sp³-hybridized carbons (Fsp3) is 0.167. The van der Waals surface area contributed by atoms with Crippen molar-refractivity contribution in [1.29, 1.82) is 0 Å². The standard InChI is InChI=1S/C18H16BrFN4O2S/c1-24-16(10-26-13-8-6-12(19)7-9-13)22-23-18(24)27-11-17(25)21-15-5-3-2-4-14(15)20/h2-9H,10-11H2,1H3,(H,21,25). The van der Waals surface area contributed by atoms with Gasteiger partial charge in [0.15, 0.2) is 11.0 Å². The molecule has 0 saturated heterocycles. The number of ether oxygens (including phenoxy) is 1. The summed E-state index contributed by atoms with van der Waals surface area (Å²) in [5, 5.41) is 11.3. The summed E-state index contributed by atoms with van der Waals surface area (Å²) in [5.74, 6) is 0.658. The molecular formula is C18H16BrFN4O2S. The van der Waals surface area contributed by atoms with Crippen LogP contribution >= 0.6 is 27.7 Å². The Bertz CT molecular complexity index is 933. The van der Waals surface area contributed by atoms with Gasteiger partial charge in [0.2, 0.25) is 5.91 Å². The van der Waals surface area contributed by atoms with Gasteiger partial charge in [0.05, 0.1) is 11.4 Å². The molecular weight excluding hydrogens is 435 g/mol. The minimum absolute atomic E-state index is 0.0911. The predicted octanol–water partition coefficient (Wildman–Crippen LogP) is 4.03. The Balaban J connectivity index is 1.53. The summed E-state index contributed by atoms with van der Waals surface area (Å²) in [4.78, 5) is 12.0. The Labute approximate surface area is 168 Å². The van der Waals surface area contributed by atoms with Gasteiger partial charge in [-0.2, -0.15) is 0 Å². The van der Waals surface area contributed by atoms with E-state index < -0.39 is 5.82 Å². The smallest absolute Gasteiger partial charge is 0.234 e. The molecule has 0 aliphatic carbocycles. The average Bonchev–Trinajstić information content (AvgIpc) is 3.01. The summed E-state index contributed by atoms with van der Waals surface area (Å²) >= 11 is 4.59. The highest BCUT2D eigenvalue weighted by Crippen LogP contribution is 2.20. The molecule has 0 unspecified atom stereocenters. The number of para-hydroxylation sites is 1. The number of nitrogens with one attached hydrogen (secondary N) is 1. The van der Waals surface area contributed by atoms with E-state index in [0.717, 1.165) is 10.2 Å². The number of thioether (sulfide) groups is 1. The van der Waals surface area contributed by atoms with Crippen LogP contribution in [0, 0.1) is 5.82 Å². The predicted molar refractivity (Wildman–Crippen MR) is 105 cm³/mol. The number of amides is 1.